The first-order valence-electron chi connectivity index (χ1n) is 9.31. The predicted molar refractivity (Wildman–Crippen MR) is 126 cm³/mol. The summed E-state index contributed by atoms with van der Waals surface area (Å²) in [6.45, 7) is -0.0900. The Morgan fingerprint density at radius 3 is 2.16 bits per heavy atom. The Morgan fingerprint density at radius 1 is 0.871 bits per heavy atom. The molecule has 9 heteroatoms. The van der Waals surface area contributed by atoms with Gasteiger partial charge in [0.2, 0.25) is 5.91 Å². The van der Waals surface area contributed by atoms with Crippen LogP contribution in [0.1, 0.15) is 5.56 Å². The minimum Gasteiger partial charge on any atom is -0.354 e. The third kappa shape index (κ3) is 6.14. The highest BCUT2D eigenvalue weighted by molar-refractivity contribution is 7.92. The van der Waals surface area contributed by atoms with Crippen molar-refractivity contribution >= 4 is 56.4 Å². The number of carbonyl (C=O) groups is 1. The van der Waals surface area contributed by atoms with Crippen LogP contribution in [0.3, 0.4) is 0 Å². The van der Waals surface area contributed by atoms with Gasteiger partial charge in [-0.1, -0.05) is 65.1 Å². The molecule has 0 radical (unpaired) electrons. The number of anilines is 1. The van der Waals surface area contributed by atoms with E-state index in [9.17, 15) is 13.2 Å². The zero-order valence-electron chi connectivity index (χ0n) is 16.3. The number of halogens is 3. The zero-order valence-corrected chi connectivity index (χ0v) is 19.3. The maximum Gasteiger partial charge on any atom is 0.264 e. The summed E-state index contributed by atoms with van der Waals surface area (Å²) < 4.78 is 27.5. The molecule has 0 aliphatic rings. The number of hydrogen-bond acceptors (Lipinski definition) is 3. The number of hydrogen-bond donors (Lipinski definition) is 1. The van der Waals surface area contributed by atoms with Crippen molar-refractivity contribution in [2.75, 3.05) is 17.4 Å². The molecule has 3 rings (SSSR count). The van der Waals surface area contributed by atoms with E-state index in [4.69, 9.17) is 34.8 Å². The molecule has 0 spiro atoms. The highest BCUT2D eigenvalue weighted by Gasteiger charge is 2.28. The molecule has 0 atom stereocenters. The number of carbonyl (C=O) groups excluding carboxylic acids is 1. The third-order valence-corrected chi connectivity index (χ3v) is 7.01. The van der Waals surface area contributed by atoms with E-state index < -0.39 is 22.5 Å². The Kier molecular flexibility index (Phi) is 7.84. The van der Waals surface area contributed by atoms with Gasteiger partial charge in [-0.15, -0.1) is 0 Å². The van der Waals surface area contributed by atoms with Crippen molar-refractivity contribution in [3.8, 4) is 0 Å². The van der Waals surface area contributed by atoms with E-state index in [-0.39, 0.29) is 15.6 Å². The zero-order chi connectivity index (χ0) is 22.4. The summed E-state index contributed by atoms with van der Waals surface area (Å²) in [5.41, 5.74) is 1.17. The van der Waals surface area contributed by atoms with Gasteiger partial charge in [-0.25, -0.2) is 8.42 Å². The second-order valence-electron chi connectivity index (χ2n) is 6.65. The highest BCUT2D eigenvalue weighted by Crippen LogP contribution is 2.32. The van der Waals surface area contributed by atoms with Gasteiger partial charge in [0.05, 0.1) is 15.6 Å². The second-order valence-corrected chi connectivity index (χ2v) is 9.79. The van der Waals surface area contributed by atoms with Crippen LogP contribution in [-0.4, -0.2) is 27.4 Å². The smallest absolute Gasteiger partial charge is 0.264 e. The van der Waals surface area contributed by atoms with Gasteiger partial charge in [0, 0.05) is 16.6 Å². The number of nitrogens with one attached hydrogen (secondary N) is 1. The maximum atomic E-state index is 13.3. The molecule has 0 fully saturated rings. The van der Waals surface area contributed by atoms with Crippen LogP contribution in [0.25, 0.3) is 0 Å². The van der Waals surface area contributed by atoms with Crippen LogP contribution in [0.4, 0.5) is 5.69 Å². The van der Waals surface area contributed by atoms with Gasteiger partial charge in [-0.05, 0) is 54.4 Å². The van der Waals surface area contributed by atoms with E-state index >= 15 is 0 Å². The van der Waals surface area contributed by atoms with Gasteiger partial charge < -0.3 is 5.32 Å². The molecule has 0 saturated carbocycles. The van der Waals surface area contributed by atoms with Gasteiger partial charge in [0.1, 0.15) is 6.54 Å². The molecule has 0 bridgehead atoms. The summed E-state index contributed by atoms with van der Waals surface area (Å²) in [4.78, 5) is 12.7. The summed E-state index contributed by atoms with van der Waals surface area (Å²) in [5.74, 6) is -0.459. The van der Waals surface area contributed by atoms with Crippen molar-refractivity contribution in [2.24, 2.45) is 0 Å². The lowest BCUT2D eigenvalue weighted by atomic mass is 10.1. The minimum absolute atomic E-state index is 0.0509. The summed E-state index contributed by atoms with van der Waals surface area (Å²) in [5, 5.41) is 3.87. The minimum atomic E-state index is -4.04. The molecule has 1 amide bonds. The van der Waals surface area contributed by atoms with E-state index in [0.717, 1.165) is 9.87 Å². The molecule has 0 aliphatic carbocycles. The van der Waals surface area contributed by atoms with E-state index in [1.807, 2.05) is 12.1 Å². The molecule has 0 aromatic heterocycles. The van der Waals surface area contributed by atoms with Gasteiger partial charge >= 0.3 is 0 Å². The number of rotatable bonds is 8. The van der Waals surface area contributed by atoms with Crippen molar-refractivity contribution < 1.29 is 13.2 Å². The van der Waals surface area contributed by atoms with E-state index in [1.54, 1.807) is 30.3 Å². The molecule has 5 nitrogen and oxygen atoms in total. The first-order valence-corrected chi connectivity index (χ1v) is 11.9. The largest absolute Gasteiger partial charge is 0.354 e. The first-order chi connectivity index (χ1) is 14.8. The molecule has 1 N–H and O–H groups in total. The molecule has 0 saturated heterocycles. The van der Waals surface area contributed by atoms with Gasteiger partial charge in [0.15, 0.2) is 0 Å². The number of sulfonamides is 1. The monoisotopic (exact) mass is 496 g/mol. The molecular weight excluding hydrogens is 479 g/mol. The Hall–Kier alpha value is -2.25. The summed E-state index contributed by atoms with van der Waals surface area (Å²) in [7, 11) is -4.04. The summed E-state index contributed by atoms with van der Waals surface area (Å²) in [6, 6.07) is 19.6. The lowest BCUT2D eigenvalue weighted by Crippen LogP contribution is -2.41. The van der Waals surface area contributed by atoms with Crippen molar-refractivity contribution in [3.63, 3.8) is 0 Å². The molecule has 31 heavy (non-hydrogen) atoms. The van der Waals surface area contributed by atoms with Gasteiger partial charge in [-0.3, -0.25) is 9.10 Å². The van der Waals surface area contributed by atoms with Crippen molar-refractivity contribution in [3.05, 3.63) is 93.4 Å². The van der Waals surface area contributed by atoms with Crippen molar-refractivity contribution in [2.45, 2.75) is 11.3 Å². The Morgan fingerprint density at radius 2 is 1.52 bits per heavy atom. The Bertz CT molecular complexity index is 1150. The van der Waals surface area contributed by atoms with Crippen LogP contribution >= 0.6 is 34.8 Å². The molecule has 0 heterocycles. The summed E-state index contributed by atoms with van der Waals surface area (Å²) >= 11 is 18.1. The average molecular weight is 498 g/mol. The molecule has 3 aromatic rings. The number of nitrogens with zero attached hydrogens (tertiary/aromatic N) is 1. The van der Waals surface area contributed by atoms with Crippen LogP contribution in [-0.2, 0) is 21.2 Å². The van der Waals surface area contributed by atoms with Crippen LogP contribution in [0.15, 0.2) is 77.7 Å². The SMILES string of the molecule is O=C(CN(c1ccc(Cl)cc1Cl)S(=O)(=O)c1ccccc1)NCCc1ccc(Cl)cc1. The standard InChI is InChI=1S/C22H19Cl3N2O3S/c23-17-8-6-16(7-9-17)12-13-26-22(28)15-27(21-11-10-18(24)14-20(21)25)31(29,30)19-4-2-1-3-5-19/h1-11,14H,12-13,15H2,(H,26,28). The lowest BCUT2D eigenvalue weighted by Gasteiger charge is -2.25. The fraction of sp³-hybridized carbons (Fsp3) is 0.136. The Labute approximate surface area is 196 Å². The van der Waals surface area contributed by atoms with Crippen molar-refractivity contribution in [1.29, 1.82) is 0 Å². The number of amides is 1. The van der Waals surface area contributed by atoms with Crippen molar-refractivity contribution in [1.82, 2.24) is 5.32 Å². The first kappa shape index (κ1) is 23.4. The van der Waals surface area contributed by atoms with E-state index in [2.05, 4.69) is 5.32 Å². The summed E-state index contributed by atoms with van der Waals surface area (Å²) in [6.07, 6.45) is 0.579. The molecule has 0 unspecified atom stereocenters. The molecule has 3 aromatic carbocycles. The fourth-order valence-corrected chi connectivity index (χ4v) is 5.03. The number of benzene rings is 3. The van der Waals surface area contributed by atoms with Gasteiger partial charge in [0.25, 0.3) is 10.0 Å². The third-order valence-electron chi connectivity index (χ3n) is 4.45. The highest BCUT2D eigenvalue weighted by atomic mass is 35.5. The van der Waals surface area contributed by atoms with Crippen LogP contribution < -0.4 is 9.62 Å². The van der Waals surface area contributed by atoms with Crippen LogP contribution in [0.2, 0.25) is 15.1 Å². The lowest BCUT2D eigenvalue weighted by molar-refractivity contribution is -0.119. The van der Waals surface area contributed by atoms with Crippen LogP contribution in [0.5, 0.6) is 0 Å². The quantitative estimate of drug-likeness (QED) is 0.465. The molecule has 162 valence electrons. The van der Waals surface area contributed by atoms with E-state index in [0.29, 0.717) is 23.0 Å². The molecular formula is C22H19Cl3N2O3S. The van der Waals surface area contributed by atoms with E-state index in [1.165, 1.54) is 30.3 Å². The fourth-order valence-electron chi connectivity index (χ4n) is 2.89. The van der Waals surface area contributed by atoms with Crippen LogP contribution in [0, 0.1) is 0 Å². The average Bonchev–Trinajstić information content (AvgIpc) is 2.74. The Balaban J connectivity index is 1.79. The topological polar surface area (TPSA) is 66.5 Å². The predicted octanol–water partition coefficient (Wildman–Crippen LogP) is 5.20. The molecule has 0 aliphatic heterocycles. The van der Waals surface area contributed by atoms with Gasteiger partial charge in [-0.2, -0.15) is 0 Å². The second kappa shape index (κ2) is 10.4. The normalized spacial score (nSPS) is 11.2. The maximum absolute atomic E-state index is 13.3.